The van der Waals surface area contributed by atoms with Crippen molar-refractivity contribution >= 4 is 35.1 Å². The van der Waals surface area contributed by atoms with Crippen LogP contribution in [0.4, 0.5) is 17.6 Å². The highest BCUT2D eigenvalue weighted by Crippen LogP contribution is 2.53. The van der Waals surface area contributed by atoms with Gasteiger partial charge in [-0.15, -0.1) is 0 Å². The Bertz CT molecular complexity index is 1280. The van der Waals surface area contributed by atoms with E-state index >= 15 is 4.39 Å². The van der Waals surface area contributed by atoms with Crippen molar-refractivity contribution in [3.8, 4) is 11.8 Å². The van der Waals surface area contributed by atoms with Gasteiger partial charge in [0.1, 0.15) is 23.0 Å². The van der Waals surface area contributed by atoms with Gasteiger partial charge in [0.25, 0.3) is 0 Å². The first-order chi connectivity index (χ1) is 17.9. The minimum Gasteiger partial charge on any atom is -0.496 e. The van der Waals surface area contributed by atoms with E-state index in [0.29, 0.717) is 22.8 Å². The maximum absolute atomic E-state index is 15.4. The molecule has 7 nitrogen and oxygen atoms in total. The summed E-state index contributed by atoms with van der Waals surface area (Å²) >= 11 is 12.2. The lowest BCUT2D eigenvalue weighted by molar-refractivity contribution is -0.192. The normalized spacial score (nSPS) is 22.8. The quantitative estimate of drug-likeness (QED) is 0.354. The summed E-state index contributed by atoms with van der Waals surface area (Å²) < 4.78 is 52.6. The SMILES string of the molecule is COc1ccc(Cl)cc1[C@H]1[C@H](C(=O)O)N[C@@H](CC(C)(C)C)[C@]1(C#N)c1ccc(Cl)cc1F.O=C(O)C(F)(F)F. The molecule has 0 bridgehead atoms. The highest BCUT2D eigenvalue weighted by molar-refractivity contribution is 6.31. The number of carboxylic acids is 2. The largest absolute Gasteiger partial charge is 0.496 e. The van der Waals surface area contributed by atoms with E-state index in [4.69, 9.17) is 37.8 Å². The molecule has 1 fully saturated rings. The van der Waals surface area contributed by atoms with E-state index in [9.17, 15) is 28.3 Å². The van der Waals surface area contributed by atoms with E-state index in [2.05, 4.69) is 11.4 Å². The van der Waals surface area contributed by atoms with Crippen LogP contribution in [0.5, 0.6) is 5.75 Å². The fourth-order valence-electron chi connectivity index (χ4n) is 4.73. The average Bonchev–Trinajstić information content (AvgIpc) is 3.12. The molecule has 39 heavy (non-hydrogen) atoms. The molecule has 1 aliphatic heterocycles. The number of carboxylic acid groups (broad SMARTS) is 2. The smallest absolute Gasteiger partial charge is 0.490 e. The van der Waals surface area contributed by atoms with Crippen LogP contribution in [-0.4, -0.2) is 47.5 Å². The molecule has 0 spiro atoms. The lowest BCUT2D eigenvalue weighted by Crippen LogP contribution is -2.44. The second kappa shape index (κ2) is 12.0. The van der Waals surface area contributed by atoms with E-state index in [-0.39, 0.29) is 16.0 Å². The lowest BCUT2D eigenvalue weighted by atomic mass is 9.62. The van der Waals surface area contributed by atoms with Gasteiger partial charge in [-0.1, -0.05) is 50.0 Å². The Morgan fingerprint density at radius 1 is 1.10 bits per heavy atom. The fourth-order valence-corrected chi connectivity index (χ4v) is 5.07. The number of aliphatic carboxylic acids is 2. The number of nitriles is 1. The van der Waals surface area contributed by atoms with Crippen molar-refractivity contribution in [2.24, 2.45) is 5.41 Å². The van der Waals surface area contributed by atoms with Gasteiger partial charge in [0.15, 0.2) is 0 Å². The molecule has 0 saturated carbocycles. The van der Waals surface area contributed by atoms with Gasteiger partial charge < -0.3 is 14.9 Å². The van der Waals surface area contributed by atoms with Crippen LogP contribution in [0.2, 0.25) is 10.0 Å². The molecule has 0 aromatic heterocycles. The number of carbonyl (C=O) groups is 2. The van der Waals surface area contributed by atoms with Gasteiger partial charge in [-0.05, 0) is 42.2 Å². The molecule has 1 saturated heterocycles. The summed E-state index contributed by atoms with van der Waals surface area (Å²) in [5, 5.41) is 31.6. The number of nitrogens with zero attached hydrogens (tertiary/aromatic N) is 1. The first-order valence-corrected chi connectivity index (χ1v) is 12.1. The topological polar surface area (TPSA) is 120 Å². The first kappa shape index (κ1) is 32.1. The van der Waals surface area contributed by atoms with Crippen molar-refractivity contribution < 1.29 is 42.1 Å². The van der Waals surface area contributed by atoms with Gasteiger partial charge in [-0.2, -0.15) is 18.4 Å². The van der Waals surface area contributed by atoms with E-state index in [1.54, 1.807) is 18.2 Å². The minimum atomic E-state index is -5.08. The fraction of sp³-hybridized carbons (Fsp3) is 0.423. The number of alkyl halides is 3. The third kappa shape index (κ3) is 7.12. The van der Waals surface area contributed by atoms with Crippen LogP contribution in [0.3, 0.4) is 0 Å². The summed E-state index contributed by atoms with van der Waals surface area (Å²) in [6.45, 7) is 5.95. The van der Waals surface area contributed by atoms with Gasteiger partial charge in [0, 0.05) is 33.1 Å². The Labute approximate surface area is 232 Å². The van der Waals surface area contributed by atoms with Crippen molar-refractivity contribution in [1.29, 1.82) is 5.26 Å². The Morgan fingerprint density at radius 2 is 1.64 bits per heavy atom. The Balaban J connectivity index is 0.000000673. The molecule has 0 radical (unpaired) electrons. The average molecular weight is 593 g/mol. The zero-order valence-electron chi connectivity index (χ0n) is 21.2. The summed E-state index contributed by atoms with van der Waals surface area (Å²) in [5.74, 6) is -5.19. The molecule has 2 aromatic carbocycles. The standard InChI is InChI=1S/C24H25Cl2FN2O3.C2HF3O2/c1-23(2,3)11-19-24(12-28,16-7-5-14(26)10-17(16)27)20(21(29-19)22(30)31)15-9-13(25)6-8-18(15)32-4;3-2(4,5)1(6)7/h5-10,19-21,29H,11H2,1-4H3,(H,30,31);(H,6,7)/t19-,20-,21+,24-;/m0./s1. The number of hydrogen-bond acceptors (Lipinski definition) is 5. The lowest BCUT2D eigenvalue weighted by Gasteiger charge is -2.37. The van der Waals surface area contributed by atoms with Crippen LogP contribution in [0.25, 0.3) is 0 Å². The number of benzene rings is 2. The predicted octanol–water partition coefficient (Wildman–Crippen LogP) is 6.18. The summed E-state index contributed by atoms with van der Waals surface area (Å²) in [4.78, 5) is 21.3. The minimum absolute atomic E-state index is 0.0851. The molecule has 3 rings (SSSR count). The van der Waals surface area contributed by atoms with E-state index < -0.39 is 47.3 Å². The Hall–Kier alpha value is -3.07. The van der Waals surface area contributed by atoms with Crippen LogP contribution >= 0.6 is 23.2 Å². The number of ether oxygens (including phenoxy) is 1. The predicted molar refractivity (Wildman–Crippen MR) is 136 cm³/mol. The molecule has 0 unspecified atom stereocenters. The van der Waals surface area contributed by atoms with Gasteiger partial charge in [0.2, 0.25) is 0 Å². The molecule has 0 amide bonds. The van der Waals surface area contributed by atoms with Gasteiger partial charge in [-0.3, -0.25) is 10.1 Å². The number of rotatable bonds is 5. The summed E-state index contributed by atoms with van der Waals surface area (Å²) in [5.41, 5.74) is -1.34. The summed E-state index contributed by atoms with van der Waals surface area (Å²) in [6.07, 6.45) is -4.66. The third-order valence-electron chi connectivity index (χ3n) is 6.17. The number of methoxy groups -OCH3 is 1. The molecule has 1 heterocycles. The highest BCUT2D eigenvalue weighted by atomic mass is 35.5. The molecule has 1 aliphatic rings. The molecule has 4 atom stereocenters. The molecule has 2 aromatic rings. The molecule has 3 N–H and O–H groups in total. The van der Waals surface area contributed by atoms with Crippen molar-refractivity contribution in [1.82, 2.24) is 5.32 Å². The molecular weight excluding hydrogens is 567 g/mol. The monoisotopic (exact) mass is 592 g/mol. The third-order valence-corrected chi connectivity index (χ3v) is 6.64. The number of halogens is 6. The van der Waals surface area contributed by atoms with Crippen LogP contribution in [-0.2, 0) is 15.0 Å². The Morgan fingerprint density at radius 3 is 2.08 bits per heavy atom. The van der Waals surface area contributed by atoms with Gasteiger partial charge in [0.05, 0.1) is 13.2 Å². The summed E-state index contributed by atoms with van der Waals surface area (Å²) in [6, 6.07) is 9.42. The maximum Gasteiger partial charge on any atom is 0.490 e. The summed E-state index contributed by atoms with van der Waals surface area (Å²) in [7, 11) is 1.45. The molecule has 212 valence electrons. The molecular formula is C26H26Cl2F4N2O5. The molecule has 13 heteroatoms. The second-order valence-corrected chi connectivity index (χ2v) is 10.9. The van der Waals surface area contributed by atoms with Crippen molar-refractivity contribution in [2.45, 2.75) is 56.8 Å². The van der Waals surface area contributed by atoms with Crippen molar-refractivity contribution in [2.75, 3.05) is 7.11 Å². The van der Waals surface area contributed by atoms with Gasteiger partial charge >= 0.3 is 18.1 Å². The van der Waals surface area contributed by atoms with E-state index in [1.165, 1.54) is 19.2 Å². The molecule has 0 aliphatic carbocycles. The van der Waals surface area contributed by atoms with Gasteiger partial charge in [-0.25, -0.2) is 9.18 Å². The van der Waals surface area contributed by atoms with Crippen LogP contribution in [0, 0.1) is 22.6 Å². The second-order valence-electron chi connectivity index (χ2n) is 10.1. The van der Waals surface area contributed by atoms with Crippen molar-refractivity contribution in [3.63, 3.8) is 0 Å². The number of hydrogen-bond donors (Lipinski definition) is 3. The van der Waals surface area contributed by atoms with E-state index in [1.807, 2.05) is 20.8 Å². The van der Waals surface area contributed by atoms with E-state index in [0.717, 1.165) is 6.07 Å². The van der Waals surface area contributed by atoms with Crippen LogP contribution < -0.4 is 10.1 Å². The number of nitrogens with one attached hydrogen (secondary N) is 1. The highest BCUT2D eigenvalue weighted by Gasteiger charge is 2.61. The maximum atomic E-state index is 15.4. The first-order valence-electron chi connectivity index (χ1n) is 11.4. The van der Waals surface area contributed by atoms with Crippen LogP contribution in [0.1, 0.15) is 44.2 Å². The van der Waals surface area contributed by atoms with Crippen LogP contribution in [0.15, 0.2) is 36.4 Å². The zero-order valence-corrected chi connectivity index (χ0v) is 22.7. The van der Waals surface area contributed by atoms with Crippen molar-refractivity contribution in [3.05, 3.63) is 63.4 Å². The Kier molecular flexibility index (Phi) is 9.88. The zero-order chi connectivity index (χ0) is 29.9.